The second-order valence-electron chi connectivity index (χ2n) is 5.55. The number of hydrogen-bond acceptors (Lipinski definition) is 3. The van der Waals surface area contributed by atoms with E-state index in [1.165, 1.54) is 18.4 Å². The van der Waals surface area contributed by atoms with Crippen LogP contribution in [0.25, 0.3) is 11.0 Å². The predicted molar refractivity (Wildman–Crippen MR) is 82.0 cm³/mol. The summed E-state index contributed by atoms with van der Waals surface area (Å²) in [6.07, 6.45) is 8.05. The molecule has 2 heterocycles. The summed E-state index contributed by atoms with van der Waals surface area (Å²) in [6, 6.07) is 0. The van der Waals surface area contributed by atoms with E-state index in [0.29, 0.717) is 12.2 Å². The molecular weight excluding hydrogens is 266 g/mol. The van der Waals surface area contributed by atoms with Gasteiger partial charge in [0, 0.05) is 13.5 Å². The van der Waals surface area contributed by atoms with Gasteiger partial charge in [0.05, 0.1) is 11.1 Å². The number of nitrogens with zero attached hydrogens (tertiary/aromatic N) is 3. The van der Waals surface area contributed by atoms with Gasteiger partial charge in [-0.1, -0.05) is 18.6 Å². The number of hydrogen-bond donors (Lipinski definition) is 2. The number of allylic oxidation sites excluding steroid dienone is 1. The van der Waals surface area contributed by atoms with Gasteiger partial charge in [0.15, 0.2) is 5.65 Å². The van der Waals surface area contributed by atoms with Crippen molar-refractivity contribution in [3.63, 3.8) is 0 Å². The Hall–Kier alpha value is -2.11. The van der Waals surface area contributed by atoms with Crippen molar-refractivity contribution in [1.82, 2.24) is 20.0 Å². The maximum atomic E-state index is 12.2. The first-order valence-electron chi connectivity index (χ1n) is 7.56. The van der Waals surface area contributed by atoms with Crippen LogP contribution < -0.4 is 5.32 Å². The molecule has 0 bridgehead atoms. The zero-order valence-electron chi connectivity index (χ0n) is 12.6. The lowest BCUT2D eigenvalue weighted by Gasteiger charge is -2.12. The van der Waals surface area contributed by atoms with Crippen LogP contribution in [-0.4, -0.2) is 25.9 Å². The van der Waals surface area contributed by atoms with E-state index in [1.807, 2.05) is 14.0 Å². The molecule has 21 heavy (non-hydrogen) atoms. The third-order valence-corrected chi connectivity index (χ3v) is 3.98. The van der Waals surface area contributed by atoms with E-state index in [9.17, 15) is 4.79 Å². The zero-order valence-corrected chi connectivity index (χ0v) is 12.6. The molecule has 2 aromatic rings. The van der Waals surface area contributed by atoms with Crippen molar-refractivity contribution in [1.29, 1.82) is 0 Å². The molecule has 1 amide bonds. The molecule has 0 atom stereocenters. The number of aromatic nitrogens is 4. The van der Waals surface area contributed by atoms with E-state index in [1.54, 1.807) is 4.68 Å². The molecule has 0 aromatic carbocycles. The topological polar surface area (TPSA) is 75.6 Å². The number of nitrogens with one attached hydrogen (secondary N) is 2. The van der Waals surface area contributed by atoms with Gasteiger partial charge in [0.2, 0.25) is 5.91 Å². The molecule has 0 saturated heterocycles. The molecule has 0 saturated carbocycles. The molecule has 112 valence electrons. The van der Waals surface area contributed by atoms with Gasteiger partial charge >= 0.3 is 0 Å². The van der Waals surface area contributed by atoms with Gasteiger partial charge in [0.1, 0.15) is 5.82 Å². The molecule has 0 radical (unpaired) electrons. The van der Waals surface area contributed by atoms with Crippen molar-refractivity contribution in [3.05, 3.63) is 17.3 Å². The number of aryl methyl sites for hydroxylation is 2. The van der Waals surface area contributed by atoms with Crippen LogP contribution in [0.2, 0.25) is 0 Å². The molecule has 1 aliphatic rings. The number of fused-ring (bicyclic) bond motifs is 1. The van der Waals surface area contributed by atoms with Gasteiger partial charge < -0.3 is 5.32 Å². The van der Waals surface area contributed by atoms with E-state index in [-0.39, 0.29) is 5.91 Å². The fraction of sp³-hybridized carbons (Fsp3) is 0.533. The van der Waals surface area contributed by atoms with E-state index in [2.05, 4.69) is 26.7 Å². The molecule has 0 spiro atoms. The van der Waals surface area contributed by atoms with Crippen LogP contribution in [0, 0.1) is 0 Å². The Kier molecular flexibility index (Phi) is 3.77. The van der Waals surface area contributed by atoms with Crippen molar-refractivity contribution >= 4 is 22.8 Å². The quantitative estimate of drug-likeness (QED) is 0.849. The maximum absolute atomic E-state index is 12.2. The Morgan fingerprint density at radius 3 is 3.05 bits per heavy atom. The second-order valence-corrected chi connectivity index (χ2v) is 5.55. The van der Waals surface area contributed by atoms with E-state index < -0.39 is 0 Å². The first kappa shape index (κ1) is 13.9. The lowest BCUT2D eigenvalue weighted by atomic mass is 9.97. The summed E-state index contributed by atoms with van der Waals surface area (Å²) >= 11 is 0. The third-order valence-electron chi connectivity index (χ3n) is 3.98. The highest BCUT2D eigenvalue weighted by Gasteiger charge is 2.17. The summed E-state index contributed by atoms with van der Waals surface area (Å²) < 4.78 is 1.74. The SMILES string of the molecule is CCc1nn(C)c2n[nH]c(NC(=O)CC3=CCCCC3)c12. The van der Waals surface area contributed by atoms with Crippen molar-refractivity contribution in [2.75, 3.05) is 5.32 Å². The Morgan fingerprint density at radius 1 is 1.48 bits per heavy atom. The van der Waals surface area contributed by atoms with Crippen molar-refractivity contribution < 1.29 is 4.79 Å². The van der Waals surface area contributed by atoms with Crippen molar-refractivity contribution in [2.45, 2.75) is 45.4 Å². The minimum atomic E-state index is 0.0135. The van der Waals surface area contributed by atoms with Crippen LogP contribution >= 0.6 is 0 Å². The fourth-order valence-corrected chi connectivity index (χ4v) is 2.91. The maximum Gasteiger partial charge on any atom is 0.229 e. The van der Waals surface area contributed by atoms with Gasteiger partial charge in [-0.05, 0) is 32.1 Å². The average Bonchev–Trinajstić information content (AvgIpc) is 3.02. The highest BCUT2D eigenvalue weighted by atomic mass is 16.1. The van der Waals surface area contributed by atoms with Crippen LogP contribution in [0.1, 0.15) is 44.7 Å². The molecule has 1 aliphatic carbocycles. The molecule has 6 heteroatoms. The highest BCUT2D eigenvalue weighted by molar-refractivity contribution is 6.00. The summed E-state index contributed by atoms with van der Waals surface area (Å²) in [5, 5.41) is 15.4. The summed E-state index contributed by atoms with van der Waals surface area (Å²) in [7, 11) is 1.86. The summed E-state index contributed by atoms with van der Waals surface area (Å²) in [4.78, 5) is 12.2. The van der Waals surface area contributed by atoms with Gasteiger partial charge in [-0.25, -0.2) is 4.68 Å². The van der Waals surface area contributed by atoms with Gasteiger partial charge in [-0.2, -0.15) is 10.2 Å². The van der Waals surface area contributed by atoms with Crippen molar-refractivity contribution in [3.8, 4) is 0 Å². The molecule has 0 unspecified atom stereocenters. The van der Waals surface area contributed by atoms with Crippen LogP contribution in [0.15, 0.2) is 11.6 Å². The minimum absolute atomic E-state index is 0.0135. The Labute approximate surface area is 123 Å². The summed E-state index contributed by atoms with van der Waals surface area (Å²) in [5.74, 6) is 0.677. The standard InChI is InChI=1S/C15H21N5O/c1-3-11-13-14(17-18-15(13)20(2)19-11)16-12(21)9-10-7-5-4-6-8-10/h7H,3-6,8-9H2,1-2H3,(H2,16,17,18,21). The Morgan fingerprint density at radius 2 is 2.33 bits per heavy atom. The van der Waals surface area contributed by atoms with E-state index >= 15 is 0 Å². The van der Waals surface area contributed by atoms with E-state index in [0.717, 1.165) is 36.0 Å². The second kappa shape index (κ2) is 5.71. The number of amides is 1. The smallest absolute Gasteiger partial charge is 0.229 e. The first-order chi connectivity index (χ1) is 10.2. The largest absolute Gasteiger partial charge is 0.310 e. The molecule has 6 nitrogen and oxygen atoms in total. The monoisotopic (exact) mass is 287 g/mol. The minimum Gasteiger partial charge on any atom is -0.310 e. The number of aromatic amines is 1. The first-order valence-corrected chi connectivity index (χ1v) is 7.56. The van der Waals surface area contributed by atoms with Crippen molar-refractivity contribution in [2.24, 2.45) is 7.05 Å². The Bertz CT molecular complexity index is 694. The Balaban J connectivity index is 1.78. The number of carbonyl (C=O) groups excluding carboxylic acids is 1. The molecule has 0 aliphatic heterocycles. The normalized spacial score (nSPS) is 15.2. The van der Waals surface area contributed by atoms with Gasteiger partial charge in [-0.15, -0.1) is 0 Å². The lowest BCUT2D eigenvalue weighted by Crippen LogP contribution is -2.13. The molecule has 2 N–H and O–H groups in total. The van der Waals surface area contributed by atoms with Gasteiger partial charge in [-0.3, -0.25) is 9.89 Å². The summed E-state index contributed by atoms with van der Waals surface area (Å²) in [5.41, 5.74) is 2.98. The van der Waals surface area contributed by atoms with Crippen LogP contribution in [0.3, 0.4) is 0 Å². The number of H-pyrrole nitrogens is 1. The number of rotatable bonds is 4. The molecule has 0 fully saturated rings. The number of anilines is 1. The number of carbonyl (C=O) groups is 1. The molecule has 2 aromatic heterocycles. The predicted octanol–water partition coefficient (Wildman–Crippen LogP) is 2.69. The lowest BCUT2D eigenvalue weighted by molar-refractivity contribution is -0.115. The van der Waals surface area contributed by atoms with Gasteiger partial charge in [0.25, 0.3) is 0 Å². The molecule has 3 rings (SSSR count). The zero-order chi connectivity index (χ0) is 14.8. The van der Waals surface area contributed by atoms with Crippen LogP contribution in [-0.2, 0) is 18.3 Å². The third kappa shape index (κ3) is 2.70. The fourth-order valence-electron chi connectivity index (χ4n) is 2.91. The van der Waals surface area contributed by atoms with Crippen LogP contribution in [0.5, 0.6) is 0 Å². The summed E-state index contributed by atoms with van der Waals surface area (Å²) in [6.45, 7) is 2.05. The van der Waals surface area contributed by atoms with Crippen LogP contribution in [0.4, 0.5) is 5.82 Å². The highest BCUT2D eigenvalue weighted by Crippen LogP contribution is 2.25. The molecular formula is C15H21N5O. The average molecular weight is 287 g/mol. The van der Waals surface area contributed by atoms with E-state index in [4.69, 9.17) is 0 Å².